The Kier molecular flexibility index (Phi) is 5.44. The quantitative estimate of drug-likeness (QED) is 0.858. The monoisotopic (exact) mass is 282 g/mol. The van der Waals surface area contributed by atoms with Crippen molar-refractivity contribution >= 4 is 5.91 Å². The molecule has 1 N–H and O–H groups in total. The fraction of sp³-hybridized carbons (Fsp3) is 0.938. The van der Waals surface area contributed by atoms with Gasteiger partial charge in [-0.3, -0.25) is 4.79 Å². The second kappa shape index (κ2) is 6.90. The van der Waals surface area contributed by atoms with Crippen molar-refractivity contribution in [1.29, 1.82) is 0 Å². The maximum Gasteiger partial charge on any atom is 0.219 e. The van der Waals surface area contributed by atoms with Crippen LogP contribution >= 0.6 is 0 Å². The van der Waals surface area contributed by atoms with Crippen LogP contribution in [0.2, 0.25) is 0 Å². The maximum absolute atomic E-state index is 11.7. The van der Waals surface area contributed by atoms with Crippen molar-refractivity contribution in [1.82, 2.24) is 10.2 Å². The molecular formula is C16H30N2O2. The fourth-order valence-corrected chi connectivity index (χ4v) is 3.60. The van der Waals surface area contributed by atoms with Crippen molar-refractivity contribution < 1.29 is 9.53 Å². The highest BCUT2D eigenvalue weighted by Gasteiger charge is 2.33. The summed E-state index contributed by atoms with van der Waals surface area (Å²) >= 11 is 0. The molecule has 4 nitrogen and oxygen atoms in total. The number of hydrogen-bond donors (Lipinski definition) is 1. The molecule has 2 aliphatic heterocycles. The minimum atomic E-state index is 0.229. The zero-order valence-electron chi connectivity index (χ0n) is 13.4. The number of amides is 1. The Hall–Kier alpha value is -0.610. The first-order valence-corrected chi connectivity index (χ1v) is 8.11. The molecule has 2 aliphatic rings. The van der Waals surface area contributed by atoms with Crippen molar-refractivity contribution in [2.75, 3.05) is 19.7 Å². The Morgan fingerprint density at radius 1 is 1.40 bits per heavy atom. The average Bonchev–Trinajstić information content (AvgIpc) is 2.88. The molecule has 0 aromatic rings. The molecule has 0 aromatic heterocycles. The van der Waals surface area contributed by atoms with Crippen LogP contribution in [0.3, 0.4) is 0 Å². The van der Waals surface area contributed by atoms with Crippen molar-refractivity contribution in [2.45, 2.75) is 65.1 Å². The lowest BCUT2D eigenvalue weighted by atomic mass is 9.91. The molecule has 2 fully saturated rings. The van der Waals surface area contributed by atoms with Gasteiger partial charge in [0.25, 0.3) is 0 Å². The number of carbonyl (C=O) groups excluding carboxylic acids is 1. The van der Waals surface area contributed by atoms with Crippen molar-refractivity contribution in [3.63, 3.8) is 0 Å². The lowest BCUT2D eigenvalue weighted by molar-refractivity contribution is -0.130. The van der Waals surface area contributed by atoms with Gasteiger partial charge in [0.2, 0.25) is 5.91 Å². The van der Waals surface area contributed by atoms with E-state index in [0.717, 1.165) is 39.0 Å². The van der Waals surface area contributed by atoms with Gasteiger partial charge in [-0.05, 0) is 31.1 Å². The second-order valence-corrected chi connectivity index (χ2v) is 6.86. The second-order valence-electron chi connectivity index (χ2n) is 6.86. The normalized spacial score (nSPS) is 32.6. The molecule has 0 saturated carbocycles. The third kappa shape index (κ3) is 3.73. The lowest BCUT2D eigenvalue weighted by Gasteiger charge is -2.36. The number of morpholine rings is 1. The molecule has 0 bridgehead atoms. The van der Waals surface area contributed by atoms with Crippen LogP contribution in [0.25, 0.3) is 0 Å². The Labute approximate surface area is 123 Å². The average molecular weight is 282 g/mol. The van der Waals surface area contributed by atoms with Crippen LogP contribution in [0.5, 0.6) is 0 Å². The summed E-state index contributed by atoms with van der Waals surface area (Å²) in [6.07, 6.45) is 3.75. The summed E-state index contributed by atoms with van der Waals surface area (Å²) in [4.78, 5) is 13.7. The zero-order chi connectivity index (χ0) is 14.7. The van der Waals surface area contributed by atoms with Crippen LogP contribution < -0.4 is 5.32 Å². The molecule has 4 heteroatoms. The number of rotatable bonds is 4. The van der Waals surface area contributed by atoms with Crippen molar-refractivity contribution in [3.8, 4) is 0 Å². The number of nitrogens with zero attached hydrogens (tertiary/aromatic N) is 1. The van der Waals surface area contributed by atoms with E-state index >= 15 is 0 Å². The summed E-state index contributed by atoms with van der Waals surface area (Å²) in [6, 6.07) is 0.867. The van der Waals surface area contributed by atoms with Gasteiger partial charge in [0.15, 0.2) is 0 Å². The molecule has 0 spiro atoms. The van der Waals surface area contributed by atoms with Crippen LogP contribution in [0.1, 0.15) is 47.0 Å². The molecule has 0 aromatic carbocycles. The highest BCUT2D eigenvalue weighted by Crippen LogP contribution is 2.27. The third-order valence-corrected chi connectivity index (χ3v) is 4.88. The number of nitrogens with one attached hydrogen (secondary N) is 1. The van der Waals surface area contributed by atoms with Gasteiger partial charge >= 0.3 is 0 Å². The van der Waals surface area contributed by atoms with Gasteiger partial charge in [0.05, 0.1) is 12.7 Å². The molecule has 2 saturated heterocycles. The number of ether oxygens (including phenoxy) is 1. The molecule has 4 unspecified atom stereocenters. The van der Waals surface area contributed by atoms with Crippen molar-refractivity contribution in [3.05, 3.63) is 0 Å². The topological polar surface area (TPSA) is 41.6 Å². The Balaban J connectivity index is 1.80. The van der Waals surface area contributed by atoms with Gasteiger partial charge in [-0.2, -0.15) is 0 Å². The summed E-state index contributed by atoms with van der Waals surface area (Å²) < 4.78 is 5.95. The summed E-state index contributed by atoms with van der Waals surface area (Å²) in [6.45, 7) is 11.1. The molecule has 1 amide bonds. The Morgan fingerprint density at radius 2 is 2.15 bits per heavy atom. The summed E-state index contributed by atoms with van der Waals surface area (Å²) in [5.41, 5.74) is 0. The minimum absolute atomic E-state index is 0.229. The maximum atomic E-state index is 11.7. The van der Waals surface area contributed by atoms with E-state index in [2.05, 4.69) is 31.0 Å². The van der Waals surface area contributed by atoms with Crippen LogP contribution in [0.15, 0.2) is 0 Å². The standard InChI is InChI=1S/C16H30N2O2/c1-11(2)16-9-17-14(10-20-16)8-12(3)15-6-5-7-18(15)13(4)19/h11-12,14-17H,5-10H2,1-4H3. The van der Waals surface area contributed by atoms with Gasteiger partial charge in [-0.1, -0.05) is 20.8 Å². The fourth-order valence-electron chi connectivity index (χ4n) is 3.60. The van der Waals surface area contributed by atoms with E-state index in [0.29, 0.717) is 30.0 Å². The summed E-state index contributed by atoms with van der Waals surface area (Å²) in [5.74, 6) is 1.34. The largest absolute Gasteiger partial charge is 0.375 e. The van der Waals surface area contributed by atoms with E-state index in [1.165, 1.54) is 0 Å². The molecule has 20 heavy (non-hydrogen) atoms. The van der Waals surface area contributed by atoms with Gasteiger partial charge in [0, 0.05) is 32.1 Å². The van der Waals surface area contributed by atoms with E-state index < -0.39 is 0 Å². The van der Waals surface area contributed by atoms with Gasteiger partial charge in [0.1, 0.15) is 0 Å². The first-order valence-electron chi connectivity index (χ1n) is 8.11. The predicted octanol–water partition coefficient (Wildman–Crippen LogP) is 2.04. The Bertz CT molecular complexity index is 324. The van der Waals surface area contributed by atoms with Gasteiger partial charge < -0.3 is 15.0 Å². The predicted molar refractivity (Wildman–Crippen MR) is 80.6 cm³/mol. The van der Waals surface area contributed by atoms with Crippen LogP contribution in [-0.2, 0) is 9.53 Å². The van der Waals surface area contributed by atoms with Gasteiger partial charge in [-0.25, -0.2) is 0 Å². The van der Waals surface area contributed by atoms with E-state index in [-0.39, 0.29) is 5.91 Å². The third-order valence-electron chi connectivity index (χ3n) is 4.88. The summed E-state index contributed by atoms with van der Waals surface area (Å²) in [5, 5.41) is 3.62. The lowest BCUT2D eigenvalue weighted by Crippen LogP contribution is -2.50. The van der Waals surface area contributed by atoms with E-state index in [1.807, 2.05) is 0 Å². The molecule has 2 rings (SSSR count). The minimum Gasteiger partial charge on any atom is -0.375 e. The molecule has 4 atom stereocenters. The van der Waals surface area contributed by atoms with Crippen LogP contribution in [0, 0.1) is 11.8 Å². The van der Waals surface area contributed by atoms with Crippen molar-refractivity contribution in [2.24, 2.45) is 11.8 Å². The number of carbonyl (C=O) groups is 1. The number of hydrogen-bond acceptors (Lipinski definition) is 3. The first-order chi connectivity index (χ1) is 9.49. The number of likely N-dealkylation sites (tertiary alicyclic amines) is 1. The zero-order valence-corrected chi connectivity index (χ0v) is 13.4. The Morgan fingerprint density at radius 3 is 2.70 bits per heavy atom. The van der Waals surface area contributed by atoms with E-state index in [1.54, 1.807) is 6.92 Å². The van der Waals surface area contributed by atoms with E-state index in [9.17, 15) is 4.79 Å². The molecular weight excluding hydrogens is 252 g/mol. The van der Waals surface area contributed by atoms with Crippen LogP contribution in [-0.4, -0.2) is 48.7 Å². The molecule has 2 heterocycles. The molecule has 116 valence electrons. The summed E-state index contributed by atoms with van der Waals surface area (Å²) in [7, 11) is 0. The van der Waals surface area contributed by atoms with Crippen LogP contribution in [0.4, 0.5) is 0 Å². The molecule has 0 aliphatic carbocycles. The van der Waals surface area contributed by atoms with E-state index in [4.69, 9.17) is 4.74 Å². The molecule has 0 radical (unpaired) electrons. The van der Waals surface area contributed by atoms with Gasteiger partial charge in [-0.15, -0.1) is 0 Å². The SMILES string of the molecule is CC(=O)N1CCCC1C(C)CC1COC(C(C)C)CN1. The smallest absolute Gasteiger partial charge is 0.219 e. The highest BCUT2D eigenvalue weighted by molar-refractivity contribution is 5.73. The highest BCUT2D eigenvalue weighted by atomic mass is 16.5. The first kappa shape index (κ1) is 15.8.